The van der Waals surface area contributed by atoms with E-state index in [0.29, 0.717) is 0 Å². The average molecular weight is 489 g/mol. The van der Waals surface area contributed by atoms with E-state index in [9.17, 15) is 0 Å². The van der Waals surface area contributed by atoms with Gasteiger partial charge in [-0.05, 0) is 27.8 Å². The third-order valence-electron chi connectivity index (χ3n) is 7.77. The van der Waals surface area contributed by atoms with Crippen molar-refractivity contribution in [1.82, 2.24) is 0 Å². The number of rotatable bonds is 6. The molecule has 0 radical (unpaired) electrons. The van der Waals surface area contributed by atoms with Crippen molar-refractivity contribution < 1.29 is 4.74 Å². The summed E-state index contributed by atoms with van der Waals surface area (Å²) < 4.78 is 6.98. The maximum absolute atomic E-state index is 6.98. The van der Waals surface area contributed by atoms with Crippen LogP contribution in [-0.2, 0) is 4.74 Å². The van der Waals surface area contributed by atoms with E-state index in [1.165, 1.54) is 27.1 Å². The molecule has 0 amide bonds. The number of ether oxygens (including phenoxy) is 1. The van der Waals surface area contributed by atoms with Crippen molar-refractivity contribution in [3.05, 3.63) is 139 Å². The van der Waals surface area contributed by atoms with Gasteiger partial charge in [0.25, 0.3) is 0 Å². The van der Waals surface area contributed by atoms with Crippen LogP contribution in [0.15, 0.2) is 127 Å². The SMILES string of the molecule is CC(C)(C)[Si](C[C@@H]1C=C(c2ccccc2)C[C@H](c2ccccc2)O1)(c1ccccc1)c1ccccc1. The van der Waals surface area contributed by atoms with Crippen molar-refractivity contribution in [2.45, 2.75) is 50.5 Å². The monoisotopic (exact) mass is 488 g/mol. The Bertz CT molecular complexity index is 1240. The van der Waals surface area contributed by atoms with Gasteiger partial charge in [-0.2, -0.15) is 0 Å². The van der Waals surface area contributed by atoms with Gasteiger partial charge in [0.05, 0.1) is 12.2 Å². The molecule has 1 nitrogen and oxygen atoms in total. The molecule has 4 aromatic carbocycles. The largest absolute Gasteiger partial charge is 0.366 e. The van der Waals surface area contributed by atoms with Crippen LogP contribution in [0.2, 0.25) is 11.1 Å². The summed E-state index contributed by atoms with van der Waals surface area (Å²) in [6.07, 6.45) is 3.40. The molecular formula is C34H36OSi. The highest BCUT2D eigenvalue weighted by Crippen LogP contribution is 2.43. The van der Waals surface area contributed by atoms with Crippen LogP contribution in [0, 0.1) is 0 Å². The molecule has 0 saturated heterocycles. The molecule has 1 heterocycles. The summed E-state index contributed by atoms with van der Waals surface area (Å²) in [5.74, 6) is 0. The number of benzene rings is 4. The highest BCUT2D eigenvalue weighted by atomic mass is 28.3. The van der Waals surface area contributed by atoms with Gasteiger partial charge in [-0.1, -0.05) is 159 Å². The Balaban J connectivity index is 1.64. The van der Waals surface area contributed by atoms with Crippen LogP contribution in [0.5, 0.6) is 0 Å². The minimum atomic E-state index is -2.27. The predicted octanol–water partition coefficient (Wildman–Crippen LogP) is 7.66. The Morgan fingerprint density at radius 1 is 0.667 bits per heavy atom. The van der Waals surface area contributed by atoms with Crippen molar-refractivity contribution in [1.29, 1.82) is 0 Å². The molecule has 182 valence electrons. The van der Waals surface area contributed by atoms with Gasteiger partial charge in [-0.3, -0.25) is 0 Å². The molecule has 0 fully saturated rings. The fourth-order valence-corrected chi connectivity index (χ4v) is 11.4. The van der Waals surface area contributed by atoms with Crippen LogP contribution in [0.25, 0.3) is 5.57 Å². The zero-order chi connectivity index (χ0) is 25.0. The Morgan fingerprint density at radius 3 is 1.64 bits per heavy atom. The molecule has 36 heavy (non-hydrogen) atoms. The van der Waals surface area contributed by atoms with Gasteiger partial charge in [0.1, 0.15) is 8.07 Å². The lowest BCUT2D eigenvalue weighted by Gasteiger charge is -2.46. The van der Waals surface area contributed by atoms with Crippen LogP contribution in [0.4, 0.5) is 0 Å². The van der Waals surface area contributed by atoms with E-state index < -0.39 is 8.07 Å². The Morgan fingerprint density at radius 2 is 1.14 bits per heavy atom. The van der Waals surface area contributed by atoms with Gasteiger partial charge >= 0.3 is 0 Å². The quantitative estimate of drug-likeness (QED) is 0.253. The Hall–Kier alpha value is -3.20. The lowest BCUT2D eigenvalue weighted by molar-refractivity contribution is 0.0167. The first kappa shape index (κ1) is 24.5. The third kappa shape index (κ3) is 4.89. The summed E-state index contributed by atoms with van der Waals surface area (Å²) in [5.41, 5.74) is 3.94. The normalized spacial score (nSPS) is 18.5. The lowest BCUT2D eigenvalue weighted by Crippen LogP contribution is -2.65. The van der Waals surface area contributed by atoms with Gasteiger partial charge in [-0.25, -0.2) is 0 Å². The van der Waals surface area contributed by atoms with Crippen molar-refractivity contribution in [2.75, 3.05) is 0 Å². The maximum atomic E-state index is 6.98. The zero-order valence-corrected chi connectivity index (χ0v) is 22.6. The van der Waals surface area contributed by atoms with E-state index >= 15 is 0 Å². The van der Waals surface area contributed by atoms with E-state index in [0.717, 1.165) is 12.5 Å². The van der Waals surface area contributed by atoms with Crippen molar-refractivity contribution in [3.8, 4) is 0 Å². The van der Waals surface area contributed by atoms with Gasteiger partial charge < -0.3 is 4.74 Å². The Labute approximate surface area is 217 Å². The first-order valence-electron chi connectivity index (χ1n) is 13.0. The molecule has 1 aliphatic heterocycles. The number of hydrogen-bond acceptors (Lipinski definition) is 1. The first-order valence-corrected chi connectivity index (χ1v) is 15.3. The van der Waals surface area contributed by atoms with Gasteiger partial charge in [0, 0.05) is 6.42 Å². The van der Waals surface area contributed by atoms with Crippen LogP contribution in [-0.4, -0.2) is 14.2 Å². The highest BCUT2D eigenvalue weighted by molar-refractivity contribution is 7.04. The van der Waals surface area contributed by atoms with E-state index in [1.807, 2.05) is 0 Å². The smallest absolute Gasteiger partial charge is 0.126 e. The fraction of sp³-hybridized carbons (Fsp3) is 0.235. The van der Waals surface area contributed by atoms with Crippen LogP contribution < -0.4 is 10.4 Å². The molecule has 0 aliphatic carbocycles. The summed E-state index contributed by atoms with van der Waals surface area (Å²) in [4.78, 5) is 0. The molecule has 2 heteroatoms. The van der Waals surface area contributed by atoms with Gasteiger partial charge in [-0.15, -0.1) is 0 Å². The molecular weight excluding hydrogens is 452 g/mol. The molecule has 0 N–H and O–H groups in total. The van der Waals surface area contributed by atoms with Crippen molar-refractivity contribution >= 4 is 24.0 Å². The summed E-state index contributed by atoms with van der Waals surface area (Å²) in [5, 5.41) is 3.05. The Kier molecular flexibility index (Phi) is 7.09. The van der Waals surface area contributed by atoms with Crippen molar-refractivity contribution in [2.24, 2.45) is 0 Å². The second-order valence-corrected chi connectivity index (χ2v) is 15.8. The zero-order valence-electron chi connectivity index (χ0n) is 21.6. The minimum absolute atomic E-state index is 0.0328. The minimum Gasteiger partial charge on any atom is -0.366 e. The molecule has 0 aromatic heterocycles. The van der Waals surface area contributed by atoms with E-state index in [4.69, 9.17) is 4.74 Å². The first-order chi connectivity index (χ1) is 17.5. The predicted molar refractivity (Wildman–Crippen MR) is 156 cm³/mol. The summed E-state index contributed by atoms with van der Waals surface area (Å²) >= 11 is 0. The highest BCUT2D eigenvalue weighted by Gasteiger charge is 2.49. The molecule has 0 saturated carbocycles. The summed E-state index contributed by atoms with van der Waals surface area (Å²) in [6.45, 7) is 7.29. The average Bonchev–Trinajstić information content (AvgIpc) is 2.93. The molecule has 0 unspecified atom stereocenters. The second kappa shape index (κ2) is 10.4. The molecule has 2 atom stereocenters. The van der Waals surface area contributed by atoms with Crippen LogP contribution in [0.3, 0.4) is 0 Å². The van der Waals surface area contributed by atoms with E-state index in [2.05, 4.69) is 148 Å². The second-order valence-electron chi connectivity index (χ2n) is 10.9. The van der Waals surface area contributed by atoms with Crippen LogP contribution in [0.1, 0.15) is 44.4 Å². The van der Waals surface area contributed by atoms with E-state index in [1.54, 1.807) is 0 Å². The topological polar surface area (TPSA) is 9.23 Å². The fourth-order valence-electron chi connectivity index (χ4n) is 5.95. The molecule has 4 aromatic rings. The van der Waals surface area contributed by atoms with Crippen molar-refractivity contribution in [3.63, 3.8) is 0 Å². The summed E-state index contributed by atoms with van der Waals surface area (Å²) in [6, 6.07) is 45.1. The maximum Gasteiger partial charge on any atom is 0.126 e. The van der Waals surface area contributed by atoms with Gasteiger partial charge in [0.2, 0.25) is 0 Å². The third-order valence-corrected chi connectivity index (χ3v) is 14.0. The number of hydrogen-bond donors (Lipinski definition) is 0. The van der Waals surface area contributed by atoms with E-state index in [-0.39, 0.29) is 17.2 Å². The standard InChI is InChI=1S/C34H36OSi/c1-34(2,3)36(31-20-12-6-13-21-31,32-22-14-7-15-23-32)26-30-24-29(27-16-8-4-9-17-27)25-33(35-30)28-18-10-5-11-19-28/h4-24,30,33H,25-26H2,1-3H3/t30-,33+/m0/s1. The van der Waals surface area contributed by atoms with Gasteiger partial charge in [0.15, 0.2) is 0 Å². The molecule has 0 bridgehead atoms. The summed E-state index contributed by atoms with van der Waals surface area (Å²) in [7, 11) is -2.27. The van der Waals surface area contributed by atoms with Crippen LogP contribution >= 0.6 is 0 Å². The molecule has 0 spiro atoms. The lowest BCUT2D eigenvalue weighted by atomic mass is 9.92. The molecule has 1 aliphatic rings. The molecule has 5 rings (SSSR count).